The molecule has 0 saturated heterocycles. The summed E-state index contributed by atoms with van der Waals surface area (Å²) in [6.07, 6.45) is 3.38. The fourth-order valence-electron chi connectivity index (χ4n) is 1.47. The molecule has 2 N–H and O–H groups in total. The van der Waals surface area contributed by atoms with E-state index in [1.165, 1.54) is 23.7 Å². The van der Waals surface area contributed by atoms with Crippen LogP contribution in [-0.4, -0.2) is 26.7 Å². The number of hydrogen-bond donors (Lipinski definition) is 2. The topological polar surface area (TPSA) is 66.5 Å². The third-order valence-electron chi connectivity index (χ3n) is 2.36. The first kappa shape index (κ1) is 12.1. The van der Waals surface area contributed by atoms with E-state index in [4.69, 9.17) is 0 Å². The van der Waals surface area contributed by atoms with E-state index in [-0.39, 0.29) is 0 Å². The largest absolute Gasteiger partial charge is 0.310 e. The van der Waals surface area contributed by atoms with E-state index >= 15 is 0 Å². The number of nitrogens with one attached hydrogen (secondary N) is 2. The van der Waals surface area contributed by atoms with Crippen molar-refractivity contribution in [2.24, 2.45) is 0 Å². The van der Waals surface area contributed by atoms with E-state index in [1.54, 1.807) is 0 Å². The second-order valence-electron chi connectivity index (χ2n) is 3.60. The van der Waals surface area contributed by atoms with Crippen LogP contribution in [0.2, 0.25) is 0 Å². The van der Waals surface area contributed by atoms with Crippen LogP contribution >= 0.6 is 11.8 Å². The monoisotopic (exact) mass is 249 g/mol. The molecule has 0 radical (unpaired) electrons. The summed E-state index contributed by atoms with van der Waals surface area (Å²) in [6.45, 7) is 5.18. The summed E-state index contributed by atoms with van der Waals surface area (Å²) in [7, 11) is 0. The zero-order chi connectivity index (χ0) is 12.1. The van der Waals surface area contributed by atoms with Crippen molar-refractivity contribution < 1.29 is 0 Å². The van der Waals surface area contributed by atoms with Gasteiger partial charge < -0.3 is 5.32 Å². The zero-order valence-electron chi connectivity index (χ0n) is 9.84. The molecule has 0 saturated carbocycles. The maximum atomic E-state index is 4.39. The highest BCUT2D eigenvalue weighted by Gasteiger charge is 2.05. The molecule has 0 aliphatic rings. The van der Waals surface area contributed by atoms with Gasteiger partial charge in [-0.2, -0.15) is 5.10 Å². The van der Waals surface area contributed by atoms with Crippen LogP contribution in [0.4, 0.5) is 0 Å². The van der Waals surface area contributed by atoms with Crippen molar-refractivity contribution in [3.63, 3.8) is 0 Å². The first-order valence-corrected chi connectivity index (χ1v) is 6.33. The average Bonchev–Trinajstić information content (AvgIpc) is 2.83. The molecule has 0 aromatic carbocycles. The Morgan fingerprint density at radius 2 is 2.29 bits per heavy atom. The van der Waals surface area contributed by atoms with Crippen LogP contribution in [0.25, 0.3) is 0 Å². The minimum absolute atomic E-state index is 0.330. The predicted octanol–water partition coefficient (Wildman–Crippen LogP) is 2.02. The number of hydrogen-bond acceptors (Lipinski definition) is 5. The molecule has 0 amide bonds. The summed E-state index contributed by atoms with van der Waals surface area (Å²) < 4.78 is 0. The third-order valence-corrected chi connectivity index (χ3v) is 3.20. The van der Waals surface area contributed by atoms with Gasteiger partial charge >= 0.3 is 0 Å². The standard InChI is InChI=1S/C11H15N5S/c1-3-12-8(2)9-4-5-10(13-6-9)17-11-14-7-15-16-11/h4-8,12H,3H2,1-2H3,(H,14,15,16). The minimum atomic E-state index is 0.330. The molecule has 0 bridgehead atoms. The van der Waals surface area contributed by atoms with Crippen molar-refractivity contribution in [1.82, 2.24) is 25.5 Å². The lowest BCUT2D eigenvalue weighted by atomic mass is 10.1. The smallest absolute Gasteiger partial charge is 0.189 e. The highest BCUT2D eigenvalue weighted by atomic mass is 32.2. The lowest BCUT2D eigenvalue weighted by molar-refractivity contribution is 0.595. The Kier molecular flexibility index (Phi) is 4.11. The molecule has 5 nitrogen and oxygen atoms in total. The molecule has 2 rings (SSSR count). The van der Waals surface area contributed by atoms with Crippen LogP contribution in [0, 0.1) is 0 Å². The fraction of sp³-hybridized carbons (Fsp3) is 0.364. The molecule has 1 atom stereocenters. The Morgan fingerprint density at radius 3 is 2.88 bits per heavy atom. The van der Waals surface area contributed by atoms with Gasteiger partial charge in [-0.3, -0.25) is 5.10 Å². The van der Waals surface area contributed by atoms with Crippen LogP contribution in [-0.2, 0) is 0 Å². The molecule has 2 aromatic rings. The third kappa shape index (κ3) is 3.28. The Balaban J connectivity index is 2.02. The summed E-state index contributed by atoms with van der Waals surface area (Å²) in [5.74, 6) is 0. The molecule has 2 aromatic heterocycles. The number of H-pyrrole nitrogens is 1. The van der Waals surface area contributed by atoms with Crippen molar-refractivity contribution in [3.8, 4) is 0 Å². The Labute approximate surface area is 104 Å². The van der Waals surface area contributed by atoms with Gasteiger partial charge in [-0.15, -0.1) is 0 Å². The Morgan fingerprint density at radius 1 is 1.41 bits per heavy atom. The number of aromatic nitrogens is 4. The van der Waals surface area contributed by atoms with Crippen molar-refractivity contribution in [2.45, 2.75) is 30.1 Å². The van der Waals surface area contributed by atoms with Crippen molar-refractivity contribution in [1.29, 1.82) is 0 Å². The number of pyridine rings is 1. The van der Waals surface area contributed by atoms with E-state index < -0.39 is 0 Å². The van der Waals surface area contributed by atoms with Gasteiger partial charge in [0.2, 0.25) is 0 Å². The van der Waals surface area contributed by atoms with E-state index in [0.717, 1.165) is 16.7 Å². The molecular formula is C11H15N5S. The van der Waals surface area contributed by atoms with Crippen LogP contribution in [0.15, 0.2) is 34.8 Å². The van der Waals surface area contributed by atoms with Gasteiger partial charge in [0, 0.05) is 12.2 Å². The average molecular weight is 249 g/mol. The van der Waals surface area contributed by atoms with Crippen molar-refractivity contribution in [3.05, 3.63) is 30.2 Å². The van der Waals surface area contributed by atoms with E-state index in [2.05, 4.69) is 45.4 Å². The lowest BCUT2D eigenvalue weighted by Gasteiger charge is -2.12. The molecule has 0 aliphatic carbocycles. The van der Waals surface area contributed by atoms with E-state index in [9.17, 15) is 0 Å². The zero-order valence-corrected chi connectivity index (χ0v) is 10.7. The fourth-order valence-corrected chi connectivity index (χ4v) is 2.11. The van der Waals surface area contributed by atoms with Crippen LogP contribution in [0.3, 0.4) is 0 Å². The molecule has 6 heteroatoms. The molecule has 0 spiro atoms. The molecular weight excluding hydrogens is 234 g/mol. The van der Waals surface area contributed by atoms with Gasteiger partial charge in [0.25, 0.3) is 0 Å². The molecule has 0 aliphatic heterocycles. The van der Waals surface area contributed by atoms with Gasteiger partial charge in [-0.05, 0) is 36.9 Å². The second kappa shape index (κ2) is 5.79. The molecule has 2 heterocycles. The summed E-state index contributed by atoms with van der Waals surface area (Å²) in [5.41, 5.74) is 1.19. The minimum Gasteiger partial charge on any atom is -0.310 e. The second-order valence-corrected chi connectivity index (χ2v) is 4.61. The van der Waals surface area contributed by atoms with Crippen molar-refractivity contribution in [2.75, 3.05) is 6.54 Å². The molecule has 90 valence electrons. The predicted molar refractivity (Wildman–Crippen MR) is 66.8 cm³/mol. The summed E-state index contributed by atoms with van der Waals surface area (Å²) >= 11 is 1.47. The van der Waals surface area contributed by atoms with E-state index in [0.29, 0.717) is 6.04 Å². The SMILES string of the molecule is CCNC(C)c1ccc(Sc2ncn[nH]2)nc1. The first-order chi connectivity index (χ1) is 8.29. The molecule has 1 unspecified atom stereocenters. The van der Waals surface area contributed by atoms with Gasteiger partial charge in [-0.25, -0.2) is 9.97 Å². The van der Waals surface area contributed by atoms with Crippen molar-refractivity contribution >= 4 is 11.8 Å². The summed E-state index contributed by atoms with van der Waals surface area (Å²) in [5, 5.41) is 11.6. The summed E-state index contributed by atoms with van der Waals surface area (Å²) in [6, 6.07) is 4.41. The van der Waals surface area contributed by atoms with Gasteiger partial charge in [-0.1, -0.05) is 13.0 Å². The van der Waals surface area contributed by atoms with Crippen LogP contribution < -0.4 is 5.32 Å². The lowest BCUT2D eigenvalue weighted by Crippen LogP contribution is -2.17. The highest BCUT2D eigenvalue weighted by Crippen LogP contribution is 2.22. The van der Waals surface area contributed by atoms with Gasteiger partial charge in [0.05, 0.1) is 0 Å². The Bertz CT molecular complexity index is 439. The highest BCUT2D eigenvalue weighted by molar-refractivity contribution is 7.99. The number of nitrogens with zero attached hydrogens (tertiary/aromatic N) is 3. The van der Waals surface area contributed by atoms with Crippen LogP contribution in [0.1, 0.15) is 25.5 Å². The number of rotatable bonds is 5. The van der Waals surface area contributed by atoms with Gasteiger partial charge in [0.1, 0.15) is 11.4 Å². The van der Waals surface area contributed by atoms with Gasteiger partial charge in [0.15, 0.2) is 5.16 Å². The Hall–Kier alpha value is -1.40. The first-order valence-electron chi connectivity index (χ1n) is 5.52. The van der Waals surface area contributed by atoms with Crippen LogP contribution in [0.5, 0.6) is 0 Å². The maximum Gasteiger partial charge on any atom is 0.189 e. The maximum absolute atomic E-state index is 4.39. The molecule has 0 fully saturated rings. The molecule has 17 heavy (non-hydrogen) atoms. The number of aromatic amines is 1. The quantitative estimate of drug-likeness (QED) is 0.848. The van der Waals surface area contributed by atoms with E-state index in [1.807, 2.05) is 12.3 Å². The normalized spacial score (nSPS) is 12.6. The summed E-state index contributed by atoms with van der Waals surface area (Å²) in [4.78, 5) is 8.43.